The monoisotopic (exact) mass is 207 g/mol. The summed E-state index contributed by atoms with van der Waals surface area (Å²) in [7, 11) is 3.21. The summed E-state index contributed by atoms with van der Waals surface area (Å²) in [5.74, 6) is -0.754. The Kier molecular flexibility index (Phi) is 4.00. The minimum atomic E-state index is -0.754. The molecule has 0 unspecified atom stereocenters. The van der Waals surface area contributed by atoms with Crippen LogP contribution in [0.4, 0.5) is 5.69 Å². The van der Waals surface area contributed by atoms with E-state index in [0.717, 1.165) is 11.4 Å². The van der Waals surface area contributed by atoms with Crippen molar-refractivity contribution in [3.63, 3.8) is 0 Å². The van der Waals surface area contributed by atoms with Gasteiger partial charge in [0, 0.05) is 14.2 Å². The maximum absolute atomic E-state index is 5.27. The Hall–Kier alpha value is -1.19. The number of benzene rings is 1. The first-order valence-electron chi connectivity index (χ1n) is 4.83. The zero-order valence-electron chi connectivity index (χ0n) is 9.65. The summed E-state index contributed by atoms with van der Waals surface area (Å²) in [5, 5.41) is 0. The maximum Gasteiger partial charge on any atom is 0.204 e. The largest absolute Gasteiger partial charge is 0.349 e. The molecule has 15 heavy (non-hydrogen) atoms. The van der Waals surface area contributed by atoms with Gasteiger partial charge in [0.1, 0.15) is 0 Å². The number of hydrogen-bond acceptors (Lipinski definition) is 3. The van der Waals surface area contributed by atoms with Crippen LogP contribution in [-0.2, 0) is 9.47 Å². The molecule has 0 saturated heterocycles. The molecule has 0 radical (unpaired) electrons. The predicted molar refractivity (Wildman–Crippen MR) is 61.6 cm³/mol. The molecule has 0 saturated carbocycles. The molecular weight excluding hydrogens is 190 g/mol. The quantitative estimate of drug-likeness (QED) is 0.561. The van der Waals surface area contributed by atoms with Crippen LogP contribution in [0, 0.1) is 0 Å². The lowest BCUT2D eigenvalue weighted by Crippen LogP contribution is -2.37. The molecule has 3 heteroatoms. The molecule has 0 bridgehead atoms. The topological polar surface area (TPSA) is 30.8 Å². The zero-order valence-corrected chi connectivity index (χ0v) is 9.65. The lowest BCUT2D eigenvalue weighted by molar-refractivity contribution is -0.139. The molecule has 0 spiro atoms. The fourth-order valence-electron chi connectivity index (χ4n) is 1.18. The average molecular weight is 207 g/mol. The van der Waals surface area contributed by atoms with E-state index in [9.17, 15) is 0 Å². The maximum atomic E-state index is 5.27. The van der Waals surface area contributed by atoms with Crippen LogP contribution < -0.4 is 0 Å². The van der Waals surface area contributed by atoms with Gasteiger partial charge in [-0.05, 0) is 26.0 Å². The molecule has 0 atom stereocenters. The first-order valence-corrected chi connectivity index (χ1v) is 4.83. The number of methoxy groups -OCH3 is 2. The van der Waals surface area contributed by atoms with Gasteiger partial charge < -0.3 is 9.47 Å². The van der Waals surface area contributed by atoms with Crippen LogP contribution in [0.3, 0.4) is 0 Å². The summed E-state index contributed by atoms with van der Waals surface area (Å²) in [6.45, 7) is 3.73. The highest BCUT2D eigenvalue weighted by molar-refractivity contribution is 5.90. The fourth-order valence-corrected chi connectivity index (χ4v) is 1.18. The van der Waals surface area contributed by atoms with Crippen molar-refractivity contribution in [1.29, 1.82) is 0 Å². The second-order valence-electron chi connectivity index (χ2n) is 3.39. The highest BCUT2D eigenvalue weighted by Crippen LogP contribution is 2.17. The van der Waals surface area contributed by atoms with Gasteiger partial charge in [0.25, 0.3) is 0 Å². The lowest BCUT2D eigenvalue weighted by atomic mass is 10.2. The summed E-state index contributed by atoms with van der Waals surface area (Å²) in [6, 6.07) is 9.73. The van der Waals surface area contributed by atoms with E-state index in [2.05, 4.69) is 4.99 Å². The van der Waals surface area contributed by atoms with Crippen LogP contribution in [0.25, 0.3) is 0 Å². The Morgan fingerprint density at radius 2 is 1.67 bits per heavy atom. The molecule has 0 aliphatic heterocycles. The molecule has 1 aromatic rings. The highest BCUT2D eigenvalue weighted by Gasteiger charge is 2.26. The fraction of sp³-hybridized carbons (Fsp3) is 0.417. The van der Waals surface area contributed by atoms with Crippen molar-refractivity contribution in [3.05, 3.63) is 30.3 Å². The van der Waals surface area contributed by atoms with Gasteiger partial charge in [-0.15, -0.1) is 0 Å². The van der Waals surface area contributed by atoms with E-state index in [1.807, 2.05) is 44.2 Å². The third-order valence-electron chi connectivity index (χ3n) is 2.49. The van der Waals surface area contributed by atoms with Gasteiger partial charge in [-0.1, -0.05) is 18.2 Å². The van der Waals surface area contributed by atoms with Gasteiger partial charge in [0.2, 0.25) is 5.79 Å². The molecule has 0 aliphatic carbocycles. The number of ether oxygens (including phenoxy) is 2. The summed E-state index contributed by atoms with van der Waals surface area (Å²) < 4.78 is 10.5. The molecule has 1 aromatic carbocycles. The third kappa shape index (κ3) is 2.88. The average Bonchev–Trinajstić information content (AvgIpc) is 2.29. The molecule has 3 nitrogen and oxygen atoms in total. The molecule has 0 heterocycles. The van der Waals surface area contributed by atoms with Gasteiger partial charge in [-0.3, -0.25) is 4.99 Å². The van der Waals surface area contributed by atoms with Crippen LogP contribution in [0.2, 0.25) is 0 Å². The predicted octanol–water partition coefficient (Wildman–Crippen LogP) is 2.79. The highest BCUT2D eigenvalue weighted by atomic mass is 16.7. The van der Waals surface area contributed by atoms with Crippen LogP contribution in [0.15, 0.2) is 35.3 Å². The van der Waals surface area contributed by atoms with E-state index in [0.29, 0.717) is 0 Å². The first kappa shape index (κ1) is 11.9. The van der Waals surface area contributed by atoms with Crippen molar-refractivity contribution in [3.8, 4) is 0 Å². The molecule has 0 fully saturated rings. The molecule has 0 aromatic heterocycles. The Balaban J connectivity index is 2.93. The summed E-state index contributed by atoms with van der Waals surface area (Å²) in [6.07, 6.45) is 0. The van der Waals surface area contributed by atoms with Crippen molar-refractivity contribution < 1.29 is 9.47 Å². The minimum Gasteiger partial charge on any atom is -0.349 e. The van der Waals surface area contributed by atoms with E-state index in [4.69, 9.17) is 9.47 Å². The van der Waals surface area contributed by atoms with E-state index in [-0.39, 0.29) is 0 Å². The molecule has 0 N–H and O–H groups in total. The van der Waals surface area contributed by atoms with Crippen LogP contribution >= 0.6 is 0 Å². The number of nitrogens with zero attached hydrogens (tertiary/aromatic N) is 1. The van der Waals surface area contributed by atoms with Gasteiger partial charge in [0.15, 0.2) is 0 Å². The van der Waals surface area contributed by atoms with Gasteiger partial charge in [0.05, 0.1) is 11.4 Å². The van der Waals surface area contributed by atoms with E-state index >= 15 is 0 Å². The molecule has 0 aliphatic rings. The van der Waals surface area contributed by atoms with Gasteiger partial charge in [-0.25, -0.2) is 0 Å². The summed E-state index contributed by atoms with van der Waals surface area (Å²) in [4.78, 5) is 4.44. The van der Waals surface area contributed by atoms with E-state index in [1.165, 1.54) is 0 Å². The van der Waals surface area contributed by atoms with Crippen LogP contribution in [0.1, 0.15) is 13.8 Å². The second kappa shape index (κ2) is 5.05. The third-order valence-corrected chi connectivity index (χ3v) is 2.49. The Bertz CT molecular complexity index is 329. The Morgan fingerprint density at radius 1 is 1.13 bits per heavy atom. The van der Waals surface area contributed by atoms with Crippen LogP contribution in [0.5, 0.6) is 0 Å². The minimum absolute atomic E-state index is 0.754. The smallest absolute Gasteiger partial charge is 0.204 e. The van der Waals surface area contributed by atoms with Gasteiger partial charge >= 0.3 is 0 Å². The number of para-hydroxylation sites is 1. The SMILES string of the molecule is COC(C)(OC)C(C)=Nc1ccccc1. The Morgan fingerprint density at radius 3 is 2.13 bits per heavy atom. The zero-order chi connectivity index (χ0) is 11.3. The van der Waals surface area contributed by atoms with Crippen molar-refractivity contribution in [2.24, 2.45) is 4.99 Å². The Labute approximate surface area is 90.7 Å². The van der Waals surface area contributed by atoms with Gasteiger partial charge in [-0.2, -0.15) is 0 Å². The van der Waals surface area contributed by atoms with Crippen molar-refractivity contribution in [1.82, 2.24) is 0 Å². The summed E-state index contributed by atoms with van der Waals surface area (Å²) >= 11 is 0. The van der Waals surface area contributed by atoms with E-state index < -0.39 is 5.79 Å². The molecule has 82 valence electrons. The van der Waals surface area contributed by atoms with Crippen LogP contribution in [-0.4, -0.2) is 25.7 Å². The van der Waals surface area contributed by atoms with Crippen molar-refractivity contribution in [2.45, 2.75) is 19.6 Å². The number of rotatable bonds is 4. The lowest BCUT2D eigenvalue weighted by Gasteiger charge is -2.26. The van der Waals surface area contributed by atoms with Crippen molar-refractivity contribution in [2.75, 3.05) is 14.2 Å². The summed E-state index contributed by atoms with van der Waals surface area (Å²) in [5.41, 5.74) is 1.69. The van der Waals surface area contributed by atoms with Crippen molar-refractivity contribution >= 4 is 11.4 Å². The normalized spacial score (nSPS) is 12.9. The molecule has 1 rings (SSSR count). The molecular formula is C12H17NO2. The standard InChI is InChI=1S/C12H17NO2/c1-10(12(2,14-3)15-4)13-11-8-6-5-7-9-11/h5-9H,1-4H3. The number of hydrogen-bond donors (Lipinski definition) is 0. The first-order chi connectivity index (χ1) is 7.12. The number of aliphatic imine (C=N–C) groups is 1. The molecule has 0 amide bonds. The second-order valence-corrected chi connectivity index (χ2v) is 3.39. The van der Waals surface area contributed by atoms with E-state index in [1.54, 1.807) is 14.2 Å².